The van der Waals surface area contributed by atoms with Crippen molar-refractivity contribution >= 4 is 17.3 Å². The Hall–Kier alpha value is -0.770. The van der Waals surface area contributed by atoms with E-state index in [4.69, 9.17) is 0 Å². The van der Waals surface area contributed by atoms with Crippen molar-refractivity contribution in [2.24, 2.45) is 5.41 Å². The van der Waals surface area contributed by atoms with Crippen LogP contribution >= 0.6 is 11.5 Å². The van der Waals surface area contributed by atoms with Crippen LogP contribution in [0.15, 0.2) is 0 Å². The second-order valence-electron chi connectivity index (χ2n) is 4.38. The van der Waals surface area contributed by atoms with E-state index < -0.39 is 0 Å². The maximum Gasteiger partial charge on any atom is 0.181 e. The molecule has 4 heteroatoms. The van der Waals surface area contributed by atoms with Crippen molar-refractivity contribution in [2.75, 3.05) is 0 Å². The number of ketones is 1. The van der Waals surface area contributed by atoms with E-state index in [1.807, 2.05) is 20.8 Å². The first-order chi connectivity index (χ1) is 6.46. The summed E-state index contributed by atoms with van der Waals surface area (Å²) >= 11 is 1.21. The number of carbonyl (C=O) groups excluding carboxylic acids is 1. The van der Waals surface area contributed by atoms with E-state index in [0.29, 0.717) is 0 Å². The van der Waals surface area contributed by atoms with Crippen LogP contribution in [-0.2, 0) is 6.42 Å². The molecule has 0 aliphatic heterocycles. The quantitative estimate of drug-likeness (QED) is 0.723. The SMILES string of the molecule is CCCc1nnsc1C(=O)C(C)(C)C. The number of Topliss-reactive ketones (excluding diaryl/α,β-unsaturated/α-hetero) is 1. The molecule has 0 fully saturated rings. The normalized spacial score (nSPS) is 11.7. The zero-order chi connectivity index (χ0) is 10.8. The zero-order valence-corrected chi connectivity index (χ0v) is 9.94. The van der Waals surface area contributed by atoms with E-state index in [-0.39, 0.29) is 11.2 Å². The molecule has 3 nitrogen and oxygen atoms in total. The molecular weight excluding hydrogens is 196 g/mol. The van der Waals surface area contributed by atoms with Gasteiger partial charge in [0.2, 0.25) is 0 Å². The first-order valence-electron chi connectivity index (χ1n) is 4.83. The monoisotopic (exact) mass is 212 g/mol. The van der Waals surface area contributed by atoms with Crippen molar-refractivity contribution in [1.29, 1.82) is 0 Å². The predicted molar refractivity (Wildman–Crippen MR) is 57.7 cm³/mol. The van der Waals surface area contributed by atoms with Gasteiger partial charge in [-0.2, -0.15) is 0 Å². The molecule has 0 N–H and O–H groups in total. The minimum Gasteiger partial charge on any atom is -0.293 e. The maximum atomic E-state index is 12.0. The molecule has 0 atom stereocenters. The number of hydrogen-bond acceptors (Lipinski definition) is 4. The zero-order valence-electron chi connectivity index (χ0n) is 9.13. The van der Waals surface area contributed by atoms with Gasteiger partial charge in [0.1, 0.15) is 4.88 Å². The fraction of sp³-hybridized carbons (Fsp3) is 0.700. The van der Waals surface area contributed by atoms with E-state index in [1.54, 1.807) is 0 Å². The molecule has 0 aromatic carbocycles. The van der Waals surface area contributed by atoms with Gasteiger partial charge in [0.15, 0.2) is 5.78 Å². The minimum absolute atomic E-state index is 0.149. The number of aryl methyl sites for hydroxylation is 1. The molecule has 0 aliphatic rings. The van der Waals surface area contributed by atoms with Crippen LogP contribution in [0.25, 0.3) is 0 Å². The summed E-state index contributed by atoms with van der Waals surface area (Å²) in [6.07, 6.45) is 1.84. The number of aromatic nitrogens is 2. The Bertz CT molecular complexity index is 325. The van der Waals surface area contributed by atoms with Gasteiger partial charge >= 0.3 is 0 Å². The highest BCUT2D eigenvalue weighted by Crippen LogP contribution is 2.24. The fourth-order valence-corrected chi connectivity index (χ4v) is 1.98. The molecule has 0 amide bonds. The summed E-state index contributed by atoms with van der Waals surface area (Å²) in [6, 6.07) is 0. The summed E-state index contributed by atoms with van der Waals surface area (Å²) in [5, 5.41) is 3.99. The summed E-state index contributed by atoms with van der Waals surface area (Å²) in [5.41, 5.74) is 0.522. The summed E-state index contributed by atoms with van der Waals surface area (Å²) in [6.45, 7) is 7.84. The average Bonchev–Trinajstić information content (AvgIpc) is 2.50. The Morgan fingerprint density at radius 1 is 1.43 bits per heavy atom. The van der Waals surface area contributed by atoms with Crippen LogP contribution in [0, 0.1) is 5.41 Å². The molecule has 0 bridgehead atoms. The lowest BCUT2D eigenvalue weighted by molar-refractivity contribution is 0.0861. The fourth-order valence-electron chi connectivity index (χ4n) is 1.12. The van der Waals surface area contributed by atoms with E-state index in [0.717, 1.165) is 23.4 Å². The summed E-state index contributed by atoms with van der Waals surface area (Å²) in [5.74, 6) is 0.149. The van der Waals surface area contributed by atoms with Gasteiger partial charge in [0.05, 0.1) is 5.69 Å². The Morgan fingerprint density at radius 3 is 2.57 bits per heavy atom. The molecule has 0 radical (unpaired) electrons. The smallest absolute Gasteiger partial charge is 0.181 e. The molecule has 0 unspecified atom stereocenters. The second-order valence-corrected chi connectivity index (χ2v) is 5.13. The topological polar surface area (TPSA) is 42.9 Å². The molecule has 0 saturated heterocycles. The molecule has 1 aromatic rings. The second kappa shape index (κ2) is 4.17. The van der Waals surface area contributed by atoms with E-state index >= 15 is 0 Å². The Kier molecular flexibility index (Phi) is 3.37. The van der Waals surface area contributed by atoms with E-state index in [9.17, 15) is 4.79 Å². The number of nitrogens with zero attached hydrogens (tertiary/aromatic N) is 2. The molecule has 1 heterocycles. The van der Waals surface area contributed by atoms with Crippen molar-refractivity contribution in [3.8, 4) is 0 Å². The van der Waals surface area contributed by atoms with E-state index in [1.165, 1.54) is 11.5 Å². The van der Waals surface area contributed by atoms with Crippen molar-refractivity contribution in [2.45, 2.75) is 40.5 Å². The van der Waals surface area contributed by atoms with Gasteiger partial charge in [0.25, 0.3) is 0 Å². The van der Waals surface area contributed by atoms with Crippen LogP contribution in [0.4, 0.5) is 0 Å². The maximum absolute atomic E-state index is 12.0. The Balaban J connectivity index is 2.95. The summed E-state index contributed by atoms with van der Waals surface area (Å²) in [4.78, 5) is 12.7. The highest BCUT2D eigenvalue weighted by Gasteiger charge is 2.27. The van der Waals surface area contributed by atoms with Gasteiger partial charge in [0, 0.05) is 5.41 Å². The van der Waals surface area contributed by atoms with Crippen LogP contribution in [0.1, 0.15) is 49.5 Å². The van der Waals surface area contributed by atoms with Gasteiger partial charge in [-0.25, -0.2) is 0 Å². The van der Waals surface area contributed by atoms with Crippen LogP contribution in [0.2, 0.25) is 0 Å². The Labute approximate surface area is 88.7 Å². The lowest BCUT2D eigenvalue weighted by Crippen LogP contribution is -2.20. The van der Waals surface area contributed by atoms with Gasteiger partial charge in [-0.1, -0.05) is 38.6 Å². The first-order valence-corrected chi connectivity index (χ1v) is 5.60. The molecule has 0 saturated carbocycles. The molecule has 1 aromatic heterocycles. The lowest BCUT2D eigenvalue weighted by Gasteiger charge is -2.15. The lowest BCUT2D eigenvalue weighted by atomic mass is 9.89. The van der Waals surface area contributed by atoms with Gasteiger partial charge in [-0.3, -0.25) is 4.79 Å². The average molecular weight is 212 g/mol. The van der Waals surface area contributed by atoms with Crippen molar-refractivity contribution in [3.63, 3.8) is 0 Å². The first kappa shape index (κ1) is 11.3. The van der Waals surface area contributed by atoms with Crippen LogP contribution in [0.5, 0.6) is 0 Å². The standard InChI is InChI=1S/C10H16N2OS/c1-5-6-7-8(14-12-11-7)9(13)10(2,3)4/h5-6H2,1-4H3. The molecule has 14 heavy (non-hydrogen) atoms. The predicted octanol–water partition coefficient (Wildman–Crippen LogP) is 2.72. The third-order valence-corrected chi connectivity index (χ3v) is 2.70. The van der Waals surface area contributed by atoms with Crippen molar-refractivity contribution in [1.82, 2.24) is 9.59 Å². The van der Waals surface area contributed by atoms with Crippen molar-refractivity contribution in [3.05, 3.63) is 10.6 Å². The third kappa shape index (κ3) is 2.38. The van der Waals surface area contributed by atoms with Gasteiger partial charge in [-0.15, -0.1) is 5.10 Å². The molecule has 78 valence electrons. The molecular formula is C10H16N2OS. The molecule has 0 aliphatic carbocycles. The van der Waals surface area contributed by atoms with Crippen molar-refractivity contribution < 1.29 is 4.79 Å². The molecule has 1 rings (SSSR count). The summed E-state index contributed by atoms with van der Waals surface area (Å²) in [7, 11) is 0. The van der Waals surface area contributed by atoms with Crippen LogP contribution < -0.4 is 0 Å². The van der Waals surface area contributed by atoms with E-state index in [2.05, 4.69) is 16.5 Å². The van der Waals surface area contributed by atoms with Crippen LogP contribution in [0.3, 0.4) is 0 Å². The van der Waals surface area contributed by atoms with Gasteiger partial charge < -0.3 is 0 Å². The number of carbonyl (C=O) groups is 1. The Morgan fingerprint density at radius 2 is 2.07 bits per heavy atom. The van der Waals surface area contributed by atoms with Gasteiger partial charge in [-0.05, 0) is 18.0 Å². The molecule has 0 spiro atoms. The minimum atomic E-state index is -0.337. The highest BCUT2D eigenvalue weighted by molar-refractivity contribution is 7.08. The number of hydrogen-bond donors (Lipinski definition) is 0. The van der Waals surface area contributed by atoms with Crippen LogP contribution in [-0.4, -0.2) is 15.4 Å². The largest absolute Gasteiger partial charge is 0.293 e. The number of rotatable bonds is 3. The summed E-state index contributed by atoms with van der Waals surface area (Å²) < 4.78 is 3.85. The highest BCUT2D eigenvalue weighted by atomic mass is 32.1. The third-order valence-electron chi connectivity index (χ3n) is 1.93.